The first-order chi connectivity index (χ1) is 16.1. The highest BCUT2D eigenvalue weighted by molar-refractivity contribution is 6.06. The topological polar surface area (TPSA) is 90.3 Å². The van der Waals surface area contributed by atoms with Gasteiger partial charge in [-0.1, -0.05) is 19.1 Å². The summed E-state index contributed by atoms with van der Waals surface area (Å²) in [5.41, 5.74) is 3.11. The van der Waals surface area contributed by atoms with Crippen molar-refractivity contribution in [2.45, 2.75) is 58.7 Å². The van der Waals surface area contributed by atoms with Crippen molar-refractivity contribution < 1.29 is 14.3 Å². The second kappa shape index (κ2) is 10.7. The number of carbonyl (C=O) groups is 1. The highest BCUT2D eigenvalue weighted by Gasteiger charge is 2.23. The molecule has 0 bridgehead atoms. The Morgan fingerprint density at radius 1 is 1.21 bits per heavy atom. The summed E-state index contributed by atoms with van der Waals surface area (Å²) in [6.45, 7) is 8.93. The first kappa shape index (κ1) is 23.0. The number of aromatic nitrogens is 3. The van der Waals surface area contributed by atoms with Gasteiger partial charge in [0.05, 0.1) is 35.5 Å². The van der Waals surface area contributed by atoms with Crippen molar-refractivity contribution in [2.24, 2.45) is 0 Å². The highest BCUT2D eigenvalue weighted by Crippen LogP contribution is 2.29. The molecule has 1 atom stereocenters. The van der Waals surface area contributed by atoms with Gasteiger partial charge in [-0.2, -0.15) is 5.10 Å². The summed E-state index contributed by atoms with van der Waals surface area (Å²) < 4.78 is 13.0. The smallest absolute Gasteiger partial charge is 0.255 e. The van der Waals surface area contributed by atoms with E-state index in [-0.39, 0.29) is 18.0 Å². The minimum Gasteiger partial charge on any atom is -0.494 e. The number of aryl methyl sites for hydroxylation is 1. The van der Waals surface area contributed by atoms with Crippen LogP contribution in [-0.4, -0.2) is 46.5 Å². The largest absolute Gasteiger partial charge is 0.494 e. The fourth-order valence-electron chi connectivity index (χ4n) is 4.06. The van der Waals surface area contributed by atoms with Gasteiger partial charge in [-0.15, -0.1) is 0 Å². The van der Waals surface area contributed by atoms with E-state index in [1.54, 1.807) is 12.4 Å². The van der Waals surface area contributed by atoms with Crippen LogP contribution in [0.2, 0.25) is 0 Å². The van der Waals surface area contributed by atoms with Crippen LogP contribution in [0, 0.1) is 0 Å². The van der Waals surface area contributed by atoms with Gasteiger partial charge in [0, 0.05) is 32.0 Å². The predicted octanol–water partition coefficient (Wildman–Crippen LogP) is 4.32. The summed E-state index contributed by atoms with van der Waals surface area (Å²) in [7, 11) is 0. The quantitative estimate of drug-likeness (QED) is 0.504. The van der Waals surface area contributed by atoms with E-state index in [0.29, 0.717) is 18.7 Å². The number of nitrogens with one attached hydrogen (secondary N) is 2. The van der Waals surface area contributed by atoms with E-state index in [9.17, 15) is 4.79 Å². The Morgan fingerprint density at radius 2 is 1.97 bits per heavy atom. The summed E-state index contributed by atoms with van der Waals surface area (Å²) in [6, 6.07) is 7.95. The summed E-state index contributed by atoms with van der Waals surface area (Å²) in [5, 5.41) is 12.0. The average Bonchev–Trinajstić information content (AvgIpc) is 3.27. The summed E-state index contributed by atoms with van der Waals surface area (Å²) in [4.78, 5) is 17.9. The first-order valence-electron chi connectivity index (χ1n) is 11.8. The van der Waals surface area contributed by atoms with Crippen molar-refractivity contribution in [1.29, 1.82) is 0 Å². The third-order valence-electron chi connectivity index (χ3n) is 5.98. The number of hydrogen-bond donors (Lipinski definition) is 2. The van der Waals surface area contributed by atoms with Crippen LogP contribution in [0.25, 0.3) is 11.0 Å². The molecule has 1 amide bonds. The molecule has 1 fully saturated rings. The molecule has 0 saturated carbocycles. The SMILES string of the molecule is CCCOc1ccc(C(C)NC(=O)c2cnc3c(cnn3CC)c2NC2CCOCC2)cc1. The molecule has 1 saturated heterocycles. The number of amides is 1. The standard InChI is InChI=1S/C25H33N5O3/c1-4-12-33-20-8-6-18(7-9-20)17(3)28-25(31)22-15-26-24-21(16-27-30(24)5-2)23(22)29-19-10-13-32-14-11-19/h6-9,15-17,19H,4-5,10-14H2,1-3H3,(H,26,29)(H,28,31). The van der Waals surface area contributed by atoms with E-state index in [1.807, 2.05) is 42.8 Å². The maximum atomic E-state index is 13.4. The lowest BCUT2D eigenvalue weighted by atomic mass is 10.1. The zero-order valence-electron chi connectivity index (χ0n) is 19.6. The van der Waals surface area contributed by atoms with Crippen LogP contribution in [-0.2, 0) is 11.3 Å². The second-order valence-corrected chi connectivity index (χ2v) is 8.39. The van der Waals surface area contributed by atoms with Crippen molar-refractivity contribution in [3.63, 3.8) is 0 Å². The molecule has 4 rings (SSSR count). The fraction of sp³-hybridized carbons (Fsp3) is 0.480. The fourth-order valence-corrected chi connectivity index (χ4v) is 4.06. The maximum absolute atomic E-state index is 13.4. The number of pyridine rings is 1. The van der Waals surface area contributed by atoms with Crippen LogP contribution in [0.15, 0.2) is 36.7 Å². The summed E-state index contributed by atoms with van der Waals surface area (Å²) in [6.07, 6.45) is 6.21. The van der Waals surface area contributed by atoms with Gasteiger partial charge in [-0.05, 0) is 50.8 Å². The third-order valence-corrected chi connectivity index (χ3v) is 5.98. The molecule has 2 aromatic heterocycles. The van der Waals surface area contributed by atoms with E-state index < -0.39 is 0 Å². The minimum atomic E-state index is -0.165. The van der Waals surface area contributed by atoms with E-state index in [0.717, 1.165) is 60.5 Å². The number of rotatable bonds is 9. The highest BCUT2D eigenvalue weighted by atomic mass is 16.5. The zero-order valence-corrected chi connectivity index (χ0v) is 19.6. The number of fused-ring (bicyclic) bond motifs is 1. The first-order valence-corrected chi connectivity index (χ1v) is 11.8. The van der Waals surface area contributed by atoms with Crippen molar-refractivity contribution in [3.05, 3.63) is 47.8 Å². The number of nitrogens with zero attached hydrogens (tertiary/aromatic N) is 3. The lowest BCUT2D eigenvalue weighted by molar-refractivity contribution is 0.0903. The molecule has 1 aromatic carbocycles. The van der Waals surface area contributed by atoms with Gasteiger partial charge >= 0.3 is 0 Å². The van der Waals surface area contributed by atoms with Gasteiger partial charge in [-0.3, -0.25) is 4.79 Å². The van der Waals surface area contributed by atoms with Crippen molar-refractivity contribution >= 4 is 22.6 Å². The Hall–Kier alpha value is -3.13. The number of benzene rings is 1. The van der Waals surface area contributed by atoms with Crippen LogP contribution >= 0.6 is 0 Å². The monoisotopic (exact) mass is 451 g/mol. The molecule has 1 aliphatic rings. The molecule has 33 heavy (non-hydrogen) atoms. The number of ether oxygens (including phenoxy) is 2. The van der Waals surface area contributed by atoms with Crippen molar-refractivity contribution in [3.8, 4) is 5.75 Å². The molecule has 3 aromatic rings. The number of anilines is 1. The zero-order chi connectivity index (χ0) is 23.2. The third kappa shape index (κ3) is 5.27. The molecule has 0 radical (unpaired) electrons. The molecule has 1 unspecified atom stereocenters. The molecule has 0 aliphatic carbocycles. The van der Waals surface area contributed by atoms with Crippen molar-refractivity contribution in [2.75, 3.05) is 25.1 Å². The average molecular weight is 452 g/mol. The Morgan fingerprint density at radius 3 is 2.67 bits per heavy atom. The van der Waals surface area contributed by atoms with Gasteiger partial charge in [-0.25, -0.2) is 9.67 Å². The molecule has 2 N–H and O–H groups in total. The van der Waals surface area contributed by atoms with E-state index >= 15 is 0 Å². The van der Waals surface area contributed by atoms with Gasteiger partial charge in [0.25, 0.3) is 5.91 Å². The van der Waals surface area contributed by atoms with Gasteiger partial charge < -0.3 is 20.1 Å². The maximum Gasteiger partial charge on any atom is 0.255 e. The molecule has 1 aliphatic heterocycles. The molecule has 3 heterocycles. The molecule has 8 heteroatoms. The lowest BCUT2D eigenvalue weighted by Crippen LogP contribution is -2.31. The Balaban J connectivity index is 1.56. The van der Waals surface area contributed by atoms with Gasteiger partial charge in [0.1, 0.15) is 5.75 Å². The molecular weight excluding hydrogens is 418 g/mol. The molecular formula is C25H33N5O3. The molecule has 0 spiro atoms. The van der Waals surface area contributed by atoms with Crippen LogP contribution in [0.5, 0.6) is 5.75 Å². The van der Waals surface area contributed by atoms with Crippen LogP contribution in [0.1, 0.15) is 62.0 Å². The molecule has 8 nitrogen and oxygen atoms in total. The lowest BCUT2D eigenvalue weighted by Gasteiger charge is -2.26. The number of carbonyl (C=O) groups excluding carboxylic acids is 1. The van der Waals surface area contributed by atoms with E-state index in [2.05, 4.69) is 27.6 Å². The second-order valence-electron chi connectivity index (χ2n) is 8.39. The van der Waals surface area contributed by atoms with Crippen molar-refractivity contribution in [1.82, 2.24) is 20.1 Å². The van der Waals surface area contributed by atoms with E-state index in [1.165, 1.54) is 0 Å². The van der Waals surface area contributed by atoms with Crippen LogP contribution < -0.4 is 15.4 Å². The number of hydrogen-bond acceptors (Lipinski definition) is 6. The minimum absolute atomic E-state index is 0.164. The Labute approximate surface area is 194 Å². The normalized spacial score (nSPS) is 15.4. The predicted molar refractivity (Wildman–Crippen MR) is 129 cm³/mol. The molecule has 176 valence electrons. The van der Waals surface area contributed by atoms with Crippen LogP contribution in [0.3, 0.4) is 0 Å². The van der Waals surface area contributed by atoms with E-state index in [4.69, 9.17) is 9.47 Å². The Bertz CT molecular complexity index is 1070. The summed E-state index contributed by atoms with van der Waals surface area (Å²) >= 11 is 0. The Kier molecular flexibility index (Phi) is 7.44. The van der Waals surface area contributed by atoms with Gasteiger partial charge in [0.15, 0.2) is 5.65 Å². The van der Waals surface area contributed by atoms with Crippen LogP contribution in [0.4, 0.5) is 5.69 Å². The van der Waals surface area contributed by atoms with Gasteiger partial charge in [0.2, 0.25) is 0 Å². The summed E-state index contributed by atoms with van der Waals surface area (Å²) in [5.74, 6) is 0.673.